The summed E-state index contributed by atoms with van der Waals surface area (Å²) < 4.78 is 13.8. The minimum Gasteiger partial charge on any atom is -0.458 e. The van der Waals surface area contributed by atoms with Crippen molar-refractivity contribution < 1.29 is 9.47 Å². The van der Waals surface area contributed by atoms with Crippen molar-refractivity contribution in [3.8, 4) is 23.0 Å². The fraction of sp³-hybridized carbons (Fsp3) is 0.236. The van der Waals surface area contributed by atoms with E-state index in [4.69, 9.17) is 9.47 Å². The van der Waals surface area contributed by atoms with Gasteiger partial charge in [-0.3, -0.25) is 0 Å². The molecule has 7 aromatic rings. The summed E-state index contributed by atoms with van der Waals surface area (Å²) in [7, 11) is 0. The first-order valence-corrected chi connectivity index (χ1v) is 22.1. The Labute approximate surface area is 361 Å². The van der Waals surface area contributed by atoms with Crippen LogP contribution in [0.2, 0.25) is 0 Å². The fourth-order valence-electron chi connectivity index (χ4n) is 11.3. The predicted octanol–water partition coefficient (Wildman–Crippen LogP) is 10.5. The van der Waals surface area contributed by atoms with Gasteiger partial charge in [0.15, 0.2) is 0 Å². The molecule has 6 heteroatoms. The van der Waals surface area contributed by atoms with E-state index in [1.165, 1.54) is 89.9 Å². The third-order valence-corrected chi connectivity index (χ3v) is 14.6. The average Bonchev–Trinajstić information content (AvgIpc) is 3.24. The second-order valence-corrected chi connectivity index (χ2v) is 20.5. The molecular formula is C55H50B2N2O2. The zero-order chi connectivity index (χ0) is 41.7. The van der Waals surface area contributed by atoms with Crippen LogP contribution in [0.25, 0.3) is 0 Å². The Bertz CT molecular complexity index is 3020. The monoisotopic (exact) mass is 792 g/mol. The number of anilines is 6. The number of hydrogen-bond donors (Lipinski definition) is 0. The van der Waals surface area contributed by atoms with Gasteiger partial charge < -0.3 is 19.3 Å². The van der Waals surface area contributed by atoms with Gasteiger partial charge in [0.25, 0.3) is 13.4 Å². The van der Waals surface area contributed by atoms with E-state index in [1.54, 1.807) is 0 Å². The second kappa shape index (κ2) is 12.5. The molecule has 4 nitrogen and oxygen atoms in total. The Balaban J connectivity index is 1.21. The molecular weight excluding hydrogens is 742 g/mol. The van der Waals surface area contributed by atoms with Gasteiger partial charge in [0.2, 0.25) is 0 Å². The van der Waals surface area contributed by atoms with Crippen LogP contribution in [0.4, 0.5) is 34.1 Å². The Hall–Kier alpha value is -6.13. The maximum Gasteiger partial charge on any atom is 0.256 e. The molecule has 12 rings (SSSR count). The van der Waals surface area contributed by atoms with Crippen molar-refractivity contribution in [2.24, 2.45) is 0 Å². The molecule has 0 spiro atoms. The average molecular weight is 793 g/mol. The molecule has 298 valence electrons. The highest BCUT2D eigenvalue weighted by Gasteiger charge is 2.48. The number of fused-ring (bicyclic) bond motifs is 9. The SMILES string of the molecule is Cc1cc2c3c(c1)N(c1ccccc1)c1cc4c(cc1B3c1ccccc1O2)B1c2ccccc2Oc2cc(C(C)(C)C)cc(c21)N4c1ccc2c(c1)C(C)(C)CCC2(C)C. The molecule has 4 aliphatic heterocycles. The molecule has 61 heavy (non-hydrogen) atoms. The van der Waals surface area contributed by atoms with Crippen molar-refractivity contribution in [3.05, 3.63) is 156 Å². The maximum absolute atomic E-state index is 7.02. The molecule has 7 aromatic carbocycles. The summed E-state index contributed by atoms with van der Waals surface area (Å²) in [5, 5.41) is 0. The van der Waals surface area contributed by atoms with E-state index in [1.807, 2.05) is 0 Å². The van der Waals surface area contributed by atoms with E-state index in [0.29, 0.717) is 0 Å². The molecule has 0 unspecified atom stereocenters. The van der Waals surface area contributed by atoms with Crippen molar-refractivity contribution in [2.45, 2.75) is 84.5 Å². The minimum absolute atomic E-state index is 0.0183. The molecule has 0 saturated heterocycles. The lowest BCUT2D eigenvalue weighted by Crippen LogP contribution is -2.63. The molecule has 4 heterocycles. The predicted molar refractivity (Wildman–Crippen MR) is 257 cm³/mol. The molecule has 0 bridgehead atoms. The van der Waals surface area contributed by atoms with Gasteiger partial charge >= 0.3 is 0 Å². The van der Waals surface area contributed by atoms with Crippen LogP contribution < -0.4 is 52.1 Å². The molecule has 0 saturated carbocycles. The molecule has 0 amide bonds. The second-order valence-electron chi connectivity index (χ2n) is 20.5. The van der Waals surface area contributed by atoms with Gasteiger partial charge in [0.1, 0.15) is 23.0 Å². The van der Waals surface area contributed by atoms with Gasteiger partial charge in [-0.15, -0.1) is 0 Å². The van der Waals surface area contributed by atoms with Gasteiger partial charge in [-0.05, 0) is 158 Å². The molecule has 5 aliphatic rings. The van der Waals surface area contributed by atoms with Crippen LogP contribution in [0.15, 0.2) is 133 Å². The van der Waals surface area contributed by atoms with E-state index in [-0.39, 0.29) is 29.7 Å². The number of aryl methyl sites for hydroxylation is 1. The summed E-state index contributed by atoms with van der Waals surface area (Å²) in [6.45, 7) is 18.8. The minimum atomic E-state index is -0.106. The van der Waals surface area contributed by atoms with Crippen molar-refractivity contribution in [1.82, 2.24) is 0 Å². The normalized spacial score (nSPS) is 16.8. The zero-order valence-electron chi connectivity index (χ0n) is 36.5. The van der Waals surface area contributed by atoms with Crippen LogP contribution in [-0.4, -0.2) is 13.4 Å². The lowest BCUT2D eigenvalue weighted by molar-refractivity contribution is 0.332. The summed E-state index contributed by atoms with van der Waals surface area (Å²) in [5.41, 5.74) is 19.9. The third-order valence-electron chi connectivity index (χ3n) is 14.6. The smallest absolute Gasteiger partial charge is 0.256 e. The topological polar surface area (TPSA) is 24.9 Å². The fourth-order valence-corrected chi connectivity index (χ4v) is 11.3. The Morgan fingerprint density at radius 1 is 0.475 bits per heavy atom. The van der Waals surface area contributed by atoms with Crippen LogP contribution in [0.3, 0.4) is 0 Å². The summed E-state index contributed by atoms with van der Waals surface area (Å²) in [4.78, 5) is 5.09. The van der Waals surface area contributed by atoms with E-state index in [9.17, 15) is 0 Å². The number of hydrogen-bond acceptors (Lipinski definition) is 4. The molecule has 0 N–H and O–H groups in total. The first-order valence-electron chi connectivity index (χ1n) is 22.1. The number of nitrogens with zero attached hydrogens (tertiary/aromatic N) is 2. The molecule has 1 aliphatic carbocycles. The summed E-state index contributed by atoms with van der Waals surface area (Å²) in [6.07, 6.45) is 2.33. The van der Waals surface area contributed by atoms with Crippen molar-refractivity contribution >= 4 is 80.3 Å². The van der Waals surface area contributed by atoms with Crippen molar-refractivity contribution in [3.63, 3.8) is 0 Å². The van der Waals surface area contributed by atoms with E-state index in [2.05, 4.69) is 199 Å². The quantitative estimate of drug-likeness (QED) is 0.163. The number of benzene rings is 7. The van der Waals surface area contributed by atoms with Gasteiger partial charge in [-0.25, -0.2) is 0 Å². The molecule has 0 fully saturated rings. The molecule has 0 radical (unpaired) electrons. The van der Waals surface area contributed by atoms with Crippen LogP contribution in [-0.2, 0) is 16.2 Å². The number of ether oxygens (including phenoxy) is 2. The van der Waals surface area contributed by atoms with Crippen LogP contribution in [0.5, 0.6) is 23.0 Å². The Morgan fingerprint density at radius 3 is 1.64 bits per heavy atom. The third kappa shape index (κ3) is 5.27. The van der Waals surface area contributed by atoms with E-state index >= 15 is 0 Å². The highest BCUT2D eigenvalue weighted by Crippen LogP contribution is 2.51. The largest absolute Gasteiger partial charge is 0.458 e. The van der Waals surface area contributed by atoms with Crippen LogP contribution >= 0.6 is 0 Å². The van der Waals surface area contributed by atoms with Gasteiger partial charge in [0, 0.05) is 34.1 Å². The van der Waals surface area contributed by atoms with E-state index in [0.717, 1.165) is 35.1 Å². The zero-order valence-corrected chi connectivity index (χ0v) is 36.5. The highest BCUT2D eigenvalue weighted by molar-refractivity contribution is 7.02. The van der Waals surface area contributed by atoms with Crippen LogP contribution in [0, 0.1) is 6.92 Å². The van der Waals surface area contributed by atoms with Crippen molar-refractivity contribution in [2.75, 3.05) is 9.80 Å². The molecule has 0 aromatic heterocycles. The van der Waals surface area contributed by atoms with Gasteiger partial charge in [-0.1, -0.05) is 115 Å². The molecule has 0 atom stereocenters. The van der Waals surface area contributed by atoms with E-state index < -0.39 is 0 Å². The summed E-state index contributed by atoms with van der Waals surface area (Å²) in [6, 6.07) is 50.1. The number of rotatable bonds is 2. The van der Waals surface area contributed by atoms with Crippen molar-refractivity contribution in [1.29, 1.82) is 0 Å². The number of para-hydroxylation sites is 3. The highest BCUT2D eigenvalue weighted by atomic mass is 16.5. The first-order chi connectivity index (χ1) is 29.3. The van der Waals surface area contributed by atoms with Gasteiger partial charge in [-0.2, -0.15) is 0 Å². The summed E-state index contributed by atoms with van der Waals surface area (Å²) >= 11 is 0. The summed E-state index contributed by atoms with van der Waals surface area (Å²) in [5.74, 6) is 3.73. The maximum atomic E-state index is 7.02. The lowest BCUT2D eigenvalue weighted by atomic mass is 9.31. The lowest BCUT2D eigenvalue weighted by Gasteiger charge is -2.45. The standard InChI is InChI=1S/C55H50B2N2O2/c1-33-26-45-51-49(27-33)60-47-20-14-12-18-39(47)56(51)41-31-42-44(32-43(41)58(45)35-16-10-9-11-17-35)59(36-22-23-37-38(30-36)55(7,8)25-24-54(37,5)6)46-28-34(53(2,3)4)29-50-52(46)57(42)40-19-13-15-21-48(40)61-50/h9-23,26-32H,24-25H2,1-8H3. The first kappa shape index (κ1) is 36.7. The Kier molecular flexibility index (Phi) is 7.50. The van der Waals surface area contributed by atoms with Crippen LogP contribution in [0.1, 0.15) is 83.6 Å². The Morgan fingerprint density at radius 2 is 1.02 bits per heavy atom. The van der Waals surface area contributed by atoms with Gasteiger partial charge in [0.05, 0.1) is 0 Å².